The quantitative estimate of drug-likeness (QED) is 0.760. The minimum absolute atomic E-state index is 0.114. The zero-order chi connectivity index (χ0) is 14.4. The Morgan fingerprint density at radius 2 is 1.75 bits per heavy atom. The lowest BCUT2D eigenvalue weighted by atomic mass is 9.43. The highest BCUT2D eigenvalue weighted by molar-refractivity contribution is 5.76. The van der Waals surface area contributed by atoms with Crippen LogP contribution in [0.15, 0.2) is 0 Å². The van der Waals surface area contributed by atoms with Gasteiger partial charge < -0.3 is 11.1 Å². The predicted molar refractivity (Wildman–Crippen MR) is 81.2 cm³/mol. The number of rotatable bonds is 5. The van der Waals surface area contributed by atoms with E-state index in [0.29, 0.717) is 23.8 Å². The third-order valence-corrected chi connectivity index (χ3v) is 5.89. The van der Waals surface area contributed by atoms with E-state index in [1.807, 2.05) is 0 Å². The highest BCUT2D eigenvalue weighted by Gasteiger charge is 2.60. The van der Waals surface area contributed by atoms with Gasteiger partial charge in [0.25, 0.3) is 0 Å². The first kappa shape index (κ1) is 14.4. The minimum Gasteiger partial charge on any atom is -0.351 e. The second kappa shape index (κ2) is 4.72. The monoisotopic (exact) mass is 278 g/mol. The first-order valence-corrected chi connectivity index (χ1v) is 8.37. The Balaban J connectivity index is 1.68. The van der Waals surface area contributed by atoms with E-state index in [0.717, 1.165) is 18.8 Å². The number of hydrogen-bond acceptors (Lipinski definition) is 2. The number of nitrogens with two attached hydrogens (primary N) is 1. The number of nitrogens with one attached hydrogen (secondary N) is 1. The first-order chi connectivity index (χ1) is 9.36. The molecular formula is C17H30N2O. The van der Waals surface area contributed by atoms with E-state index in [2.05, 4.69) is 19.2 Å². The zero-order valence-corrected chi connectivity index (χ0v) is 13.1. The molecule has 4 aliphatic carbocycles. The van der Waals surface area contributed by atoms with Crippen LogP contribution in [-0.2, 0) is 4.79 Å². The minimum atomic E-state index is 0.114. The second-order valence-corrected chi connectivity index (χ2v) is 8.70. The summed E-state index contributed by atoms with van der Waals surface area (Å²) in [6.07, 6.45) is 10.3. The van der Waals surface area contributed by atoms with Crippen LogP contribution in [-0.4, -0.2) is 18.0 Å². The number of unbranched alkanes of at least 4 members (excludes halogenated alkanes) is 1. The van der Waals surface area contributed by atoms with Crippen molar-refractivity contribution in [3.63, 3.8) is 0 Å². The normalized spacial score (nSPS) is 45.6. The molecule has 2 unspecified atom stereocenters. The third-order valence-electron chi connectivity index (χ3n) is 5.89. The van der Waals surface area contributed by atoms with Gasteiger partial charge >= 0.3 is 0 Å². The van der Waals surface area contributed by atoms with E-state index in [-0.39, 0.29) is 11.4 Å². The van der Waals surface area contributed by atoms with Crippen molar-refractivity contribution >= 4 is 5.91 Å². The lowest BCUT2D eigenvalue weighted by Gasteiger charge is -2.65. The molecule has 4 fully saturated rings. The van der Waals surface area contributed by atoms with Crippen LogP contribution in [0.2, 0.25) is 0 Å². The van der Waals surface area contributed by atoms with Gasteiger partial charge in [0.05, 0.1) is 0 Å². The van der Waals surface area contributed by atoms with Crippen molar-refractivity contribution in [3.8, 4) is 0 Å². The largest absolute Gasteiger partial charge is 0.351 e. The molecule has 4 rings (SSSR count). The second-order valence-electron chi connectivity index (χ2n) is 8.70. The lowest BCUT2D eigenvalue weighted by Crippen LogP contribution is -2.65. The van der Waals surface area contributed by atoms with Crippen LogP contribution in [0, 0.1) is 16.7 Å². The van der Waals surface area contributed by atoms with E-state index >= 15 is 0 Å². The van der Waals surface area contributed by atoms with E-state index in [4.69, 9.17) is 5.73 Å². The van der Waals surface area contributed by atoms with Gasteiger partial charge in [-0.1, -0.05) is 13.8 Å². The summed E-state index contributed by atoms with van der Waals surface area (Å²) in [6, 6.07) is 0. The fourth-order valence-corrected chi connectivity index (χ4v) is 6.38. The molecule has 3 N–H and O–H groups in total. The van der Waals surface area contributed by atoms with Crippen molar-refractivity contribution in [2.75, 3.05) is 6.54 Å². The summed E-state index contributed by atoms with van der Waals surface area (Å²) < 4.78 is 0. The predicted octanol–water partition coefficient (Wildman–Crippen LogP) is 2.98. The Bertz CT molecular complexity index is 388. The summed E-state index contributed by atoms with van der Waals surface area (Å²) in [6.45, 7) is 5.59. The van der Waals surface area contributed by atoms with Gasteiger partial charge in [-0.2, -0.15) is 0 Å². The maximum Gasteiger partial charge on any atom is 0.220 e. The Hall–Kier alpha value is -0.570. The molecule has 0 radical (unpaired) electrons. The topological polar surface area (TPSA) is 55.1 Å². The highest BCUT2D eigenvalue weighted by atomic mass is 16.1. The molecule has 3 nitrogen and oxygen atoms in total. The standard InChI is InChI=1S/C17H30N2O/c1-15-7-13-8-16(2,10-15)12-17(9-13,11-15)19-14(20)5-3-4-6-18/h13H,3-12,18H2,1-2H3,(H,19,20). The highest BCUT2D eigenvalue weighted by Crippen LogP contribution is 2.66. The first-order valence-electron chi connectivity index (χ1n) is 8.37. The van der Waals surface area contributed by atoms with Crippen molar-refractivity contribution in [3.05, 3.63) is 0 Å². The van der Waals surface area contributed by atoms with Gasteiger partial charge in [0.2, 0.25) is 5.91 Å². The molecule has 4 bridgehead atoms. The molecule has 0 saturated heterocycles. The van der Waals surface area contributed by atoms with Crippen LogP contribution in [0.25, 0.3) is 0 Å². The average Bonchev–Trinajstić information content (AvgIpc) is 2.22. The Labute approximate surface area is 123 Å². The molecule has 3 heteroatoms. The zero-order valence-electron chi connectivity index (χ0n) is 13.1. The Kier molecular flexibility index (Phi) is 3.39. The summed E-state index contributed by atoms with van der Waals surface area (Å²) >= 11 is 0. The summed E-state index contributed by atoms with van der Waals surface area (Å²) in [7, 11) is 0. The van der Waals surface area contributed by atoms with Crippen molar-refractivity contribution in [1.82, 2.24) is 5.32 Å². The summed E-state index contributed by atoms with van der Waals surface area (Å²) in [4.78, 5) is 12.3. The smallest absolute Gasteiger partial charge is 0.220 e. The lowest BCUT2D eigenvalue weighted by molar-refractivity contribution is -0.139. The molecule has 114 valence electrons. The fourth-order valence-electron chi connectivity index (χ4n) is 6.38. The van der Waals surface area contributed by atoms with E-state index in [1.165, 1.54) is 38.5 Å². The molecule has 20 heavy (non-hydrogen) atoms. The van der Waals surface area contributed by atoms with Gasteiger partial charge in [-0.25, -0.2) is 0 Å². The van der Waals surface area contributed by atoms with Crippen LogP contribution in [0.5, 0.6) is 0 Å². The molecule has 0 aromatic heterocycles. The third kappa shape index (κ3) is 2.61. The van der Waals surface area contributed by atoms with Crippen LogP contribution in [0.3, 0.4) is 0 Å². The molecule has 4 saturated carbocycles. The Morgan fingerprint density at radius 3 is 2.30 bits per heavy atom. The van der Waals surface area contributed by atoms with Crippen molar-refractivity contribution in [2.24, 2.45) is 22.5 Å². The number of amides is 1. The summed E-state index contributed by atoms with van der Waals surface area (Å²) in [5, 5.41) is 3.45. The van der Waals surface area contributed by atoms with Crippen LogP contribution in [0.4, 0.5) is 0 Å². The van der Waals surface area contributed by atoms with Crippen molar-refractivity contribution in [2.45, 2.75) is 77.2 Å². The van der Waals surface area contributed by atoms with Gasteiger partial charge in [-0.15, -0.1) is 0 Å². The van der Waals surface area contributed by atoms with Gasteiger partial charge in [0.15, 0.2) is 0 Å². The summed E-state index contributed by atoms with van der Waals surface area (Å²) in [5.74, 6) is 1.10. The molecule has 4 aliphatic rings. The fraction of sp³-hybridized carbons (Fsp3) is 0.941. The van der Waals surface area contributed by atoms with E-state index < -0.39 is 0 Å². The van der Waals surface area contributed by atoms with Gasteiger partial charge in [-0.05, 0) is 74.7 Å². The van der Waals surface area contributed by atoms with Crippen LogP contribution < -0.4 is 11.1 Å². The maximum atomic E-state index is 12.3. The van der Waals surface area contributed by atoms with Crippen molar-refractivity contribution in [1.29, 1.82) is 0 Å². The van der Waals surface area contributed by atoms with Gasteiger partial charge in [0, 0.05) is 12.0 Å². The maximum absolute atomic E-state index is 12.3. The van der Waals surface area contributed by atoms with Crippen LogP contribution in [0.1, 0.15) is 71.6 Å². The SMILES string of the molecule is CC12CC3CC(C)(C1)CC(NC(=O)CCCCN)(C3)C2. The molecular weight excluding hydrogens is 248 g/mol. The molecule has 0 aromatic rings. The van der Waals surface area contributed by atoms with E-state index in [1.54, 1.807) is 0 Å². The average molecular weight is 278 g/mol. The van der Waals surface area contributed by atoms with Crippen LogP contribution >= 0.6 is 0 Å². The van der Waals surface area contributed by atoms with E-state index in [9.17, 15) is 4.79 Å². The molecule has 0 spiro atoms. The molecule has 0 aliphatic heterocycles. The molecule has 2 atom stereocenters. The number of hydrogen-bond donors (Lipinski definition) is 2. The molecule has 0 aromatic carbocycles. The molecule has 1 amide bonds. The number of carbonyl (C=O) groups excluding carboxylic acids is 1. The molecule has 0 heterocycles. The van der Waals surface area contributed by atoms with Gasteiger partial charge in [-0.3, -0.25) is 4.79 Å². The Morgan fingerprint density at radius 1 is 1.10 bits per heavy atom. The van der Waals surface area contributed by atoms with Crippen molar-refractivity contribution < 1.29 is 4.79 Å². The number of carbonyl (C=O) groups is 1. The summed E-state index contributed by atoms with van der Waals surface area (Å²) in [5.41, 5.74) is 6.56. The van der Waals surface area contributed by atoms with Gasteiger partial charge in [0.1, 0.15) is 0 Å².